The molecule has 0 radical (unpaired) electrons. The predicted molar refractivity (Wildman–Crippen MR) is 159 cm³/mol. The summed E-state index contributed by atoms with van der Waals surface area (Å²) < 4.78 is 0. The highest BCUT2D eigenvalue weighted by Crippen LogP contribution is 2.40. The van der Waals surface area contributed by atoms with E-state index in [4.69, 9.17) is 0 Å². The summed E-state index contributed by atoms with van der Waals surface area (Å²) >= 11 is 0. The van der Waals surface area contributed by atoms with Crippen LogP contribution in [0.5, 0.6) is 0 Å². The molecule has 0 saturated heterocycles. The van der Waals surface area contributed by atoms with E-state index in [9.17, 15) is 0 Å². The van der Waals surface area contributed by atoms with Crippen LogP contribution in [0.1, 0.15) is 146 Å². The molecule has 0 aliphatic heterocycles. The van der Waals surface area contributed by atoms with Gasteiger partial charge in [0.2, 0.25) is 0 Å². The summed E-state index contributed by atoms with van der Waals surface area (Å²) in [6, 6.07) is 19.2. The summed E-state index contributed by atoms with van der Waals surface area (Å²) in [6.07, 6.45) is 22.6. The zero-order valence-corrected chi connectivity index (χ0v) is 23.8. The molecule has 0 nitrogen and oxygen atoms in total. The molecular weight excluding hydrogens is 432 g/mol. The van der Waals surface area contributed by atoms with Crippen molar-refractivity contribution in [2.75, 3.05) is 0 Å². The van der Waals surface area contributed by atoms with Gasteiger partial charge in [0.05, 0.1) is 0 Å². The standard InChI is InChI=1S/C36H54/c1-4-7-9-28(6-3)27-30-13-17-32(18-14-30)34-21-25-36(26-22-34)35-23-19-33(20-24-35)31-15-11-29(12-16-31)10-8-5-2/h19-26,28-32H,4-18,27H2,1-3H3/t28?,29-,30-,31-,32-. The molecule has 0 amide bonds. The quantitative estimate of drug-likeness (QED) is 0.280. The zero-order valence-electron chi connectivity index (χ0n) is 23.8. The van der Waals surface area contributed by atoms with Gasteiger partial charge in [-0.25, -0.2) is 0 Å². The molecule has 0 spiro atoms. The number of benzene rings is 2. The highest BCUT2D eigenvalue weighted by Gasteiger charge is 2.25. The molecule has 198 valence electrons. The molecule has 0 heteroatoms. The molecular formula is C36H54. The van der Waals surface area contributed by atoms with Crippen molar-refractivity contribution < 1.29 is 0 Å². The smallest absolute Gasteiger partial charge is 0.0162 e. The van der Waals surface area contributed by atoms with Crippen LogP contribution in [0.3, 0.4) is 0 Å². The molecule has 2 aliphatic rings. The van der Waals surface area contributed by atoms with E-state index in [0.717, 1.165) is 29.6 Å². The first-order valence-electron chi connectivity index (χ1n) is 15.9. The van der Waals surface area contributed by atoms with E-state index >= 15 is 0 Å². The second kappa shape index (κ2) is 14.4. The minimum atomic E-state index is 0.779. The maximum atomic E-state index is 2.43. The van der Waals surface area contributed by atoms with Crippen LogP contribution in [0.25, 0.3) is 11.1 Å². The van der Waals surface area contributed by atoms with Crippen molar-refractivity contribution in [3.8, 4) is 11.1 Å². The largest absolute Gasteiger partial charge is 0.0654 e. The maximum Gasteiger partial charge on any atom is -0.0162 e. The molecule has 2 aromatic rings. The molecule has 2 saturated carbocycles. The first-order chi connectivity index (χ1) is 17.7. The molecule has 36 heavy (non-hydrogen) atoms. The van der Waals surface area contributed by atoms with Crippen LogP contribution in [0.4, 0.5) is 0 Å². The van der Waals surface area contributed by atoms with Gasteiger partial charge < -0.3 is 0 Å². The van der Waals surface area contributed by atoms with Crippen LogP contribution in [0.2, 0.25) is 0 Å². The van der Waals surface area contributed by atoms with Gasteiger partial charge in [-0.15, -0.1) is 0 Å². The fourth-order valence-electron chi connectivity index (χ4n) is 7.36. The summed E-state index contributed by atoms with van der Waals surface area (Å²) in [6.45, 7) is 7.06. The third-order valence-corrected chi connectivity index (χ3v) is 9.97. The van der Waals surface area contributed by atoms with Gasteiger partial charge in [-0.05, 0) is 110 Å². The van der Waals surface area contributed by atoms with Crippen LogP contribution < -0.4 is 0 Å². The van der Waals surface area contributed by atoms with Crippen molar-refractivity contribution in [3.05, 3.63) is 59.7 Å². The van der Waals surface area contributed by atoms with Gasteiger partial charge in [0.15, 0.2) is 0 Å². The number of rotatable bonds is 12. The van der Waals surface area contributed by atoms with Gasteiger partial charge >= 0.3 is 0 Å². The third kappa shape index (κ3) is 7.72. The molecule has 0 heterocycles. The average molecular weight is 487 g/mol. The van der Waals surface area contributed by atoms with Crippen LogP contribution in [-0.2, 0) is 0 Å². The average Bonchev–Trinajstić information content (AvgIpc) is 2.95. The fraction of sp³-hybridized carbons (Fsp3) is 0.667. The zero-order chi connectivity index (χ0) is 25.2. The highest BCUT2D eigenvalue weighted by atomic mass is 14.3. The molecule has 2 aromatic carbocycles. The molecule has 0 N–H and O–H groups in total. The number of unbranched alkanes of at least 4 members (excludes halogenated alkanes) is 2. The first-order valence-corrected chi connectivity index (χ1v) is 15.9. The monoisotopic (exact) mass is 486 g/mol. The second-order valence-electron chi connectivity index (χ2n) is 12.5. The van der Waals surface area contributed by atoms with Crippen molar-refractivity contribution in [1.29, 1.82) is 0 Å². The van der Waals surface area contributed by atoms with E-state index in [0.29, 0.717) is 0 Å². The summed E-state index contributed by atoms with van der Waals surface area (Å²) in [4.78, 5) is 0. The van der Waals surface area contributed by atoms with Crippen LogP contribution in [0, 0.1) is 17.8 Å². The molecule has 0 bridgehead atoms. The van der Waals surface area contributed by atoms with Gasteiger partial charge in [-0.1, -0.05) is 114 Å². The van der Waals surface area contributed by atoms with Gasteiger partial charge in [0, 0.05) is 0 Å². The minimum absolute atomic E-state index is 0.779. The van der Waals surface area contributed by atoms with E-state index in [1.807, 2.05) is 0 Å². The summed E-state index contributed by atoms with van der Waals surface area (Å²) in [5.41, 5.74) is 5.90. The van der Waals surface area contributed by atoms with E-state index in [-0.39, 0.29) is 0 Å². The molecule has 2 fully saturated rings. The fourth-order valence-corrected chi connectivity index (χ4v) is 7.36. The lowest BCUT2D eigenvalue weighted by Crippen LogP contribution is -2.16. The molecule has 2 aliphatic carbocycles. The molecule has 1 unspecified atom stereocenters. The van der Waals surface area contributed by atoms with Gasteiger partial charge in [0.25, 0.3) is 0 Å². The topological polar surface area (TPSA) is 0 Å². The predicted octanol–water partition coefficient (Wildman–Crippen LogP) is 11.7. The van der Waals surface area contributed by atoms with Crippen molar-refractivity contribution in [3.63, 3.8) is 0 Å². The normalized spacial score (nSPS) is 25.5. The Bertz CT molecular complexity index is 844. The van der Waals surface area contributed by atoms with E-state index in [1.165, 1.54) is 114 Å². The molecule has 4 rings (SSSR count). The summed E-state index contributed by atoms with van der Waals surface area (Å²) in [5.74, 6) is 4.51. The van der Waals surface area contributed by atoms with E-state index in [1.54, 1.807) is 11.1 Å². The Hall–Kier alpha value is -1.56. The minimum Gasteiger partial charge on any atom is -0.0654 e. The van der Waals surface area contributed by atoms with Gasteiger partial charge in [-0.2, -0.15) is 0 Å². The molecule has 0 aromatic heterocycles. The van der Waals surface area contributed by atoms with Crippen LogP contribution in [0.15, 0.2) is 48.5 Å². The Morgan fingerprint density at radius 1 is 0.583 bits per heavy atom. The van der Waals surface area contributed by atoms with Crippen LogP contribution in [-0.4, -0.2) is 0 Å². The highest BCUT2D eigenvalue weighted by molar-refractivity contribution is 5.64. The Morgan fingerprint density at radius 3 is 1.50 bits per heavy atom. The lowest BCUT2D eigenvalue weighted by molar-refractivity contribution is 0.256. The Morgan fingerprint density at radius 2 is 1.06 bits per heavy atom. The SMILES string of the molecule is CCCCC(CC)C[C@H]1CC[C@H](c2ccc(-c3ccc([C@H]4CC[C@H](CCCC)CC4)cc3)cc2)CC1. The van der Waals surface area contributed by atoms with Gasteiger partial charge in [-0.3, -0.25) is 0 Å². The lowest BCUT2D eigenvalue weighted by atomic mass is 9.74. The maximum absolute atomic E-state index is 2.43. The first kappa shape index (κ1) is 27.5. The van der Waals surface area contributed by atoms with Crippen molar-refractivity contribution in [2.45, 2.75) is 135 Å². The summed E-state index contributed by atoms with van der Waals surface area (Å²) in [7, 11) is 0. The van der Waals surface area contributed by atoms with E-state index < -0.39 is 0 Å². The number of hydrogen-bond acceptors (Lipinski definition) is 0. The Balaban J connectivity index is 1.26. The third-order valence-electron chi connectivity index (χ3n) is 9.97. The Labute approximate surface area is 223 Å². The lowest BCUT2D eigenvalue weighted by Gasteiger charge is -2.31. The summed E-state index contributed by atoms with van der Waals surface area (Å²) in [5, 5.41) is 0. The van der Waals surface area contributed by atoms with Gasteiger partial charge in [0.1, 0.15) is 0 Å². The van der Waals surface area contributed by atoms with E-state index in [2.05, 4.69) is 69.3 Å². The van der Waals surface area contributed by atoms with Crippen molar-refractivity contribution in [2.24, 2.45) is 17.8 Å². The van der Waals surface area contributed by atoms with Crippen LogP contribution >= 0.6 is 0 Å². The Kier molecular flexibility index (Phi) is 11.0. The van der Waals surface area contributed by atoms with Crippen molar-refractivity contribution >= 4 is 0 Å². The number of hydrogen-bond donors (Lipinski definition) is 0. The van der Waals surface area contributed by atoms with Crippen molar-refractivity contribution in [1.82, 2.24) is 0 Å². The second-order valence-corrected chi connectivity index (χ2v) is 12.5. The molecule has 1 atom stereocenters.